The topological polar surface area (TPSA) is 66.4 Å². The number of aliphatic hydroxyl groups is 1. The molecular formula is C12H12ClNO3S2. The van der Waals surface area contributed by atoms with E-state index >= 15 is 0 Å². The van der Waals surface area contributed by atoms with Gasteiger partial charge in [0, 0.05) is 11.4 Å². The van der Waals surface area contributed by atoms with Gasteiger partial charge in [-0.25, -0.2) is 13.1 Å². The number of halogens is 1. The second kappa shape index (κ2) is 6.02. The number of hydrogen-bond donors (Lipinski definition) is 2. The Labute approximate surface area is 120 Å². The molecule has 0 bridgehead atoms. The summed E-state index contributed by atoms with van der Waals surface area (Å²) in [5.41, 5.74) is 0.557. The minimum atomic E-state index is -3.58. The van der Waals surface area contributed by atoms with Crippen LogP contribution < -0.4 is 4.72 Å². The lowest BCUT2D eigenvalue weighted by atomic mass is 10.2. The van der Waals surface area contributed by atoms with Crippen LogP contribution in [-0.4, -0.2) is 13.5 Å². The predicted octanol–water partition coefficient (Wildman–Crippen LogP) is 2.37. The Hall–Kier alpha value is -0.920. The van der Waals surface area contributed by atoms with Crippen molar-refractivity contribution < 1.29 is 13.5 Å². The summed E-state index contributed by atoms with van der Waals surface area (Å²) in [6.45, 7) is 0.00691. The van der Waals surface area contributed by atoms with Crippen LogP contribution in [0.3, 0.4) is 0 Å². The molecule has 0 amide bonds. The second-order valence-corrected chi connectivity index (χ2v) is 7.40. The highest BCUT2D eigenvalue weighted by atomic mass is 35.5. The zero-order chi connectivity index (χ0) is 13.9. The molecule has 1 aromatic carbocycles. The van der Waals surface area contributed by atoms with Crippen LogP contribution in [0.5, 0.6) is 0 Å². The summed E-state index contributed by atoms with van der Waals surface area (Å²) in [4.78, 5) is 0.980. The van der Waals surface area contributed by atoms with Gasteiger partial charge in [0.25, 0.3) is 0 Å². The second-order valence-electron chi connectivity index (χ2n) is 3.84. The fourth-order valence-electron chi connectivity index (χ4n) is 1.51. The SMILES string of the molecule is O=S(=O)(NCc1ccc(Cl)s1)c1cccc(CO)c1. The van der Waals surface area contributed by atoms with Crippen molar-refractivity contribution >= 4 is 33.0 Å². The number of thiophene rings is 1. The van der Waals surface area contributed by atoms with Crippen LogP contribution in [0.25, 0.3) is 0 Å². The fourth-order valence-corrected chi connectivity index (χ4v) is 3.70. The van der Waals surface area contributed by atoms with E-state index in [0.717, 1.165) is 4.88 Å². The Balaban J connectivity index is 2.13. The predicted molar refractivity (Wildman–Crippen MR) is 75.7 cm³/mol. The van der Waals surface area contributed by atoms with Gasteiger partial charge in [0.05, 0.1) is 15.8 Å². The average Bonchev–Trinajstić information content (AvgIpc) is 2.82. The lowest BCUT2D eigenvalue weighted by molar-refractivity contribution is 0.281. The van der Waals surface area contributed by atoms with E-state index in [1.807, 2.05) is 0 Å². The van der Waals surface area contributed by atoms with Crippen LogP contribution in [0.2, 0.25) is 4.34 Å². The summed E-state index contributed by atoms with van der Waals surface area (Å²) in [5.74, 6) is 0. The van der Waals surface area contributed by atoms with E-state index in [-0.39, 0.29) is 18.0 Å². The van der Waals surface area contributed by atoms with Crippen molar-refractivity contribution in [2.24, 2.45) is 0 Å². The quantitative estimate of drug-likeness (QED) is 0.889. The smallest absolute Gasteiger partial charge is 0.240 e. The first-order valence-corrected chi connectivity index (χ1v) is 8.13. The zero-order valence-corrected chi connectivity index (χ0v) is 12.2. The van der Waals surface area contributed by atoms with Crippen LogP contribution in [0.1, 0.15) is 10.4 Å². The first-order chi connectivity index (χ1) is 9.01. The van der Waals surface area contributed by atoms with Crippen LogP contribution in [0.15, 0.2) is 41.3 Å². The number of nitrogens with one attached hydrogen (secondary N) is 1. The maximum absolute atomic E-state index is 12.1. The summed E-state index contributed by atoms with van der Waals surface area (Å²) < 4.78 is 27.2. The lowest BCUT2D eigenvalue weighted by Crippen LogP contribution is -2.22. The molecule has 2 N–H and O–H groups in total. The van der Waals surface area contributed by atoms with Crippen molar-refractivity contribution in [1.29, 1.82) is 0 Å². The van der Waals surface area contributed by atoms with Gasteiger partial charge in [0.15, 0.2) is 0 Å². The summed E-state index contributed by atoms with van der Waals surface area (Å²) >= 11 is 7.11. The highest BCUT2D eigenvalue weighted by Gasteiger charge is 2.14. The van der Waals surface area contributed by atoms with Gasteiger partial charge in [-0.3, -0.25) is 0 Å². The molecule has 0 unspecified atom stereocenters. The first-order valence-electron chi connectivity index (χ1n) is 5.45. The molecule has 0 aliphatic rings. The van der Waals surface area contributed by atoms with E-state index in [1.54, 1.807) is 24.3 Å². The number of rotatable bonds is 5. The monoisotopic (exact) mass is 317 g/mol. The molecule has 0 radical (unpaired) electrons. The maximum Gasteiger partial charge on any atom is 0.240 e. The highest BCUT2D eigenvalue weighted by molar-refractivity contribution is 7.89. The van der Waals surface area contributed by atoms with Crippen LogP contribution in [0, 0.1) is 0 Å². The molecule has 19 heavy (non-hydrogen) atoms. The van der Waals surface area contributed by atoms with E-state index in [9.17, 15) is 8.42 Å². The van der Waals surface area contributed by atoms with Crippen molar-refractivity contribution in [3.05, 3.63) is 51.2 Å². The van der Waals surface area contributed by atoms with E-state index in [4.69, 9.17) is 16.7 Å². The van der Waals surface area contributed by atoms with Gasteiger partial charge in [0.2, 0.25) is 10.0 Å². The van der Waals surface area contributed by atoms with Crippen LogP contribution in [-0.2, 0) is 23.2 Å². The molecule has 0 saturated heterocycles. The Morgan fingerprint density at radius 3 is 2.68 bits per heavy atom. The standard InChI is InChI=1S/C12H12ClNO3S2/c13-12-5-4-10(18-12)7-14-19(16,17)11-3-1-2-9(6-11)8-15/h1-6,14-15H,7-8H2. The van der Waals surface area contributed by atoms with Gasteiger partial charge in [0.1, 0.15) is 0 Å². The molecule has 0 aliphatic carbocycles. The van der Waals surface area contributed by atoms with Gasteiger partial charge in [-0.15, -0.1) is 11.3 Å². The summed E-state index contributed by atoms with van der Waals surface area (Å²) in [5, 5.41) is 9.01. The molecular weight excluding hydrogens is 306 g/mol. The minimum absolute atomic E-state index is 0.140. The number of aliphatic hydroxyl groups excluding tert-OH is 1. The number of benzene rings is 1. The van der Waals surface area contributed by atoms with Crippen molar-refractivity contribution in [3.8, 4) is 0 Å². The third-order valence-electron chi connectivity index (χ3n) is 2.46. The molecule has 0 atom stereocenters. The maximum atomic E-state index is 12.1. The molecule has 0 aliphatic heterocycles. The van der Waals surface area contributed by atoms with Gasteiger partial charge in [-0.1, -0.05) is 23.7 Å². The van der Waals surface area contributed by atoms with Crippen molar-refractivity contribution in [2.45, 2.75) is 18.0 Å². The fraction of sp³-hybridized carbons (Fsp3) is 0.167. The molecule has 4 nitrogen and oxygen atoms in total. The Morgan fingerprint density at radius 2 is 2.05 bits per heavy atom. The van der Waals surface area contributed by atoms with Gasteiger partial charge >= 0.3 is 0 Å². The molecule has 7 heteroatoms. The van der Waals surface area contributed by atoms with Crippen molar-refractivity contribution in [3.63, 3.8) is 0 Å². The van der Waals surface area contributed by atoms with Crippen molar-refractivity contribution in [1.82, 2.24) is 4.72 Å². The van der Waals surface area contributed by atoms with Crippen LogP contribution >= 0.6 is 22.9 Å². The molecule has 1 heterocycles. The third kappa shape index (κ3) is 3.77. The van der Waals surface area contributed by atoms with Gasteiger partial charge in [-0.05, 0) is 29.8 Å². The Morgan fingerprint density at radius 1 is 1.26 bits per heavy atom. The summed E-state index contributed by atoms with van der Waals surface area (Å²) in [6.07, 6.45) is 0. The third-order valence-corrected chi connectivity index (χ3v) is 5.09. The molecule has 0 fully saturated rings. The molecule has 0 spiro atoms. The van der Waals surface area contributed by atoms with Crippen molar-refractivity contribution in [2.75, 3.05) is 0 Å². The molecule has 0 saturated carbocycles. The van der Waals surface area contributed by atoms with E-state index in [2.05, 4.69) is 4.72 Å². The average molecular weight is 318 g/mol. The molecule has 2 aromatic rings. The number of sulfonamides is 1. The Kier molecular flexibility index (Phi) is 4.59. The summed E-state index contributed by atoms with van der Waals surface area (Å²) in [6, 6.07) is 9.70. The van der Waals surface area contributed by atoms with E-state index < -0.39 is 10.0 Å². The van der Waals surface area contributed by atoms with Gasteiger partial charge in [-0.2, -0.15) is 0 Å². The summed E-state index contributed by atoms with van der Waals surface area (Å²) in [7, 11) is -3.58. The number of hydrogen-bond acceptors (Lipinski definition) is 4. The van der Waals surface area contributed by atoms with E-state index in [0.29, 0.717) is 9.90 Å². The molecule has 2 rings (SSSR count). The molecule has 1 aromatic heterocycles. The van der Waals surface area contributed by atoms with E-state index in [1.165, 1.54) is 23.5 Å². The highest BCUT2D eigenvalue weighted by Crippen LogP contribution is 2.21. The molecule has 102 valence electrons. The Bertz CT molecular complexity index is 667. The lowest BCUT2D eigenvalue weighted by Gasteiger charge is -2.06. The normalized spacial score (nSPS) is 11.7. The largest absolute Gasteiger partial charge is 0.392 e. The first kappa shape index (κ1) is 14.5. The zero-order valence-electron chi connectivity index (χ0n) is 9.84. The van der Waals surface area contributed by atoms with Crippen LogP contribution in [0.4, 0.5) is 0 Å². The minimum Gasteiger partial charge on any atom is -0.392 e. The van der Waals surface area contributed by atoms with Gasteiger partial charge < -0.3 is 5.11 Å².